The van der Waals surface area contributed by atoms with Crippen molar-refractivity contribution in [3.63, 3.8) is 0 Å². The Morgan fingerprint density at radius 1 is 1.50 bits per heavy atom. The van der Waals surface area contributed by atoms with Crippen molar-refractivity contribution in [2.45, 2.75) is 19.4 Å². The first-order valence-electron chi connectivity index (χ1n) is 4.83. The largest absolute Gasteiger partial charge is 0.324 e. The van der Waals surface area contributed by atoms with Crippen molar-refractivity contribution in [1.82, 2.24) is 4.90 Å². The summed E-state index contributed by atoms with van der Waals surface area (Å²) in [6.07, 6.45) is 0. The fourth-order valence-corrected chi connectivity index (χ4v) is 1.54. The highest BCUT2D eigenvalue weighted by Crippen LogP contribution is 2.17. The van der Waals surface area contributed by atoms with E-state index in [-0.39, 0.29) is 5.91 Å². The van der Waals surface area contributed by atoms with Crippen LogP contribution in [0.4, 0.5) is 0 Å². The second-order valence-electron chi connectivity index (χ2n) is 4.05. The van der Waals surface area contributed by atoms with Crippen LogP contribution in [0.1, 0.15) is 24.2 Å². The third kappa shape index (κ3) is 2.61. The molecule has 0 aliphatic carbocycles. The number of benzene rings is 1. The van der Waals surface area contributed by atoms with E-state index in [2.05, 4.69) is 22.0 Å². The molecule has 1 aromatic rings. The van der Waals surface area contributed by atoms with Gasteiger partial charge < -0.3 is 4.90 Å². The van der Waals surface area contributed by atoms with E-state index in [1.165, 1.54) is 4.90 Å². The molecule has 0 spiro atoms. The molecule has 4 heteroatoms. The van der Waals surface area contributed by atoms with Crippen LogP contribution in [0.25, 0.3) is 0 Å². The van der Waals surface area contributed by atoms with Gasteiger partial charge in [-0.15, -0.1) is 0 Å². The van der Waals surface area contributed by atoms with Gasteiger partial charge in [0.2, 0.25) is 0 Å². The fourth-order valence-electron chi connectivity index (χ4n) is 1.14. The molecule has 1 amide bonds. The van der Waals surface area contributed by atoms with Gasteiger partial charge in [0.25, 0.3) is 5.91 Å². The van der Waals surface area contributed by atoms with E-state index < -0.39 is 5.54 Å². The summed E-state index contributed by atoms with van der Waals surface area (Å²) in [7, 11) is 1.63. The first-order chi connectivity index (χ1) is 7.38. The van der Waals surface area contributed by atoms with Crippen LogP contribution in [0.3, 0.4) is 0 Å². The number of amides is 1. The second-order valence-corrected chi connectivity index (χ2v) is 4.96. The predicted octanol–water partition coefficient (Wildman–Crippen LogP) is 2.82. The monoisotopic (exact) mass is 280 g/mol. The average molecular weight is 281 g/mol. The zero-order valence-corrected chi connectivity index (χ0v) is 11.1. The SMILES string of the molecule is CN(C(=O)c1cccc(Br)c1)C(C)(C)C#N. The zero-order chi connectivity index (χ0) is 12.3. The predicted molar refractivity (Wildman–Crippen MR) is 65.9 cm³/mol. The molecule has 0 radical (unpaired) electrons. The highest BCUT2D eigenvalue weighted by Gasteiger charge is 2.27. The summed E-state index contributed by atoms with van der Waals surface area (Å²) in [5, 5.41) is 8.96. The minimum Gasteiger partial charge on any atom is -0.324 e. The number of halogens is 1. The van der Waals surface area contributed by atoms with Crippen LogP contribution in [-0.2, 0) is 0 Å². The van der Waals surface area contributed by atoms with Crippen molar-refractivity contribution in [3.8, 4) is 6.07 Å². The van der Waals surface area contributed by atoms with Gasteiger partial charge in [0.05, 0.1) is 6.07 Å². The number of carbonyl (C=O) groups is 1. The third-order valence-corrected chi connectivity index (χ3v) is 2.98. The summed E-state index contributed by atoms with van der Waals surface area (Å²) in [5.74, 6) is -0.159. The van der Waals surface area contributed by atoms with E-state index >= 15 is 0 Å². The smallest absolute Gasteiger partial charge is 0.254 e. The molecule has 3 nitrogen and oxygen atoms in total. The molecule has 1 aromatic carbocycles. The van der Waals surface area contributed by atoms with E-state index in [0.29, 0.717) is 5.56 Å². The van der Waals surface area contributed by atoms with E-state index in [1.807, 2.05) is 6.07 Å². The summed E-state index contributed by atoms with van der Waals surface area (Å²) >= 11 is 3.31. The summed E-state index contributed by atoms with van der Waals surface area (Å²) in [6.45, 7) is 3.42. The molecule has 1 rings (SSSR count). The number of hydrogen-bond donors (Lipinski definition) is 0. The molecule has 0 N–H and O–H groups in total. The number of rotatable bonds is 2. The van der Waals surface area contributed by atoms with Gasteiger partial charge >= 0.3 is 0 Å². The molecule has 0 unspecified atom stereocenters. The van der Waals surface area contributed by atoms with Crippen LogP contribution in [-0.4, -0.2) is 23.4 Å². The van der Waals surface area contributed by atoms with Gasteiger partial charge in [-0.1, -0.05) is 22.0 Å². The van der Waals surface area contributed by atoms with Gasteiger partial charge in [0, 0.05) is 17.1 Å². The van der Waals surface area contributed by atoms with Crippen molar-refractivity contribution in [1.29, 1.82) is 5.26 Å². The Morgan fingerprint density at radius 2 is 2.12 bits per heavy atom. The molecule has 0 fully saturated rings. The van der Waals surface area contributed by atoms with Crippen molar-refractivity contribution in [2.75, 3.05) is 7.05 Å². The van der Waals surface area contributed by atoms with Crippen molar-refractivity contribution in [2.24, 2.45) is 0 Å². The molecule has 0 heterocycles. The molecule has 84 valence electrons. The Kier molecular flexibility index (Phi) is 3.71. The fraction of sp³-hybridized carbons (Fsp3) is 0.333. The normalized spacial score (nSPS) is 10.7. The van der Waals surface area contributed by atoms with E-state index in [9.17, 15) is 4.79 Å². The van der Waals surface area contributed by atoms with Crippen LogP contribution < -0.4 is 0 Å². The first-order valence-corrected chi connectivity index (χ1v) is 5.63. The topological polar surface area (TPSA) is 44.1 Å². The minimum absolute atomic E-state index is 0.159. The van der Waals surface area contributed by atoms with Gasteiger partial charge in [-0.25, -0.2) is 0 Å². The molecule has 0 aliphatic heterocycles. The van der Waals surface area contributed by atoms with Gasteiger partial charge in [0.15, 0.2) is 0 Å². The van der Waals surface area contributed by atoms with E-state index in [1.54, 1.807) is 39.1 Å². The Hall–Kier alpha value is -1.34. The zero-order valence-electron chi connectivity index (χ0n) is 9.49. The highest BCUT2D eigenvalue weighted by atomic mass is 79.9. The van der Waals surface area contributed by atoms with Crippen molar-refractivity contribution >= 4 is 21.8 Å². The Balaban J connectivity index is 3.00. The van der Waals surface area contributed by atoms with E-state index in [4.69, 9.17) is 5.26 Å². The molecule has 0 saturated carbocycles. The van der Waals surface area contributed by atoms with Crippen LogP contribution >= 0.6 is 15.9 Å². The molecule has 0 aromatic heterocycles. The van der Waals surface area contributed by atoms with Crippen molar-refractivity contribution < 1.29 is 4.79 Å². The molecule has 16 heavy (non-hydrogen) atoms. The lowest BCUT2D eigenvalue weighted by molar-refractivity contribution is 0.0698. The van der Waals surface area contributed by atoms with E-state index in [0.717, 1.165) is 4.47 Å². The maximum absolute atomic E-state index is 12.1. The summed E-state index contributed by atoms with van der Waals surface area (Å²) in [4.78, 5) is 13.5. The highest BCUT2D eigenvalue weighted by molar-refractivity contribution is 9.10. The second kappa shape index (κ2) is 4.67. The standard InChI is InChI=1S/C12H13BrN2O/c1-12(2,8-14)15(3)11(16)9-5-4-6-10(13)7-9/h4-7H,1-3H3. The summed E-state index contributed by atoms with van der Waals surface area (Å²) in [6, 6.07) is 9.22. The molecular weight excluding hydrogens is 268 g/mol. The quantitative estimate of drug-likeness (QED) is 0.836. The number of carbonyl (C=O) groups excluding carboxylic acids is 1. The van der Waals surface area contributed by atoms with Crippen LogP contribution in [0.5, 0.6) is 0 Å². The molecular formula is C12H13BrN2O. The van der Waals surface area contributed by atoms with Gasteiger partial charge in [0.1, 0.15) is 5.54 Å². The summed E-state index contributed by atoms with van der Waals surface area (Å²) < 4.78 is 0.849. The Labute approximate surface area is 104 Å². The lowest BCUT2D eigenvalue weighted by atomic mass is 10.0. The third-order valence-electron chi connectivity index (χ3n) is 2.49. The minimum atomic E-state index is -0.806. The summed E-state index contributed by atoms with van der Waals surface area (Å²) in [5.41, 5.74) is -0.237. The van der Waals surface area contributed by atoms with Gasteiger partial charge in [-0.05, 0) is 32.0 Å². The Bertz CT molecular complexity index is 449. The van der Waals surface area contributed by atoms with Crippen LogP contribution in [0, 0.1) is 11.3 Å². The molecule has 0 atom stereocenters. The van der Waals surface area contributed by atoms with Gasteiger partial charge in [-0.3, -0.25) is 4.79 Å². The van der Waals surface area contributed by atoms with Gasteiger partial charge in [-0.2, -0.15) is 5.26 Å². The number of nitrogens with zero attached hydrogens (tertiary/aromatic N) is 2. The molecule has 0 aliphatic rings. The van der Waals surface area contributed by atoms with Crippen LogP contribution in [0.15, 0.2) is 28.7 Å². The maximum Gasteiger partial charge on any atom is 0.254 e. The molecule has 0 bridgehead atoms. The van der Waals surface area contributed by atoms with Crippen LogP contribution in [0.2, 0.25) is 0 Å². The lowest BCUT2D eigenvalue weighted by Gasteiger charge is -2.29. The Morgan fingerprint density at radius 3 is 2.62 bits per heavy atom. The average Bonchev–Trinajstić information content (AvgIpc) is 2.27. The molecule has 0 saturated heterocycles. The maximum atomic E-state index is 12.1. The number of nitriles is 1. The van der Waals surface area contributed by atoms with Crippen molar-refractivity contribution in [3.05, 3.63) is 34.3 Å². The number of hydrogen-bond acceptors (Lipinski definition) is 2. The first kappa shape index (κ1) is 12.7. The lowest BCUT2D eigenvalue weighted by Crippen LogP contribution is -2.43.